The Hall–Kier alpha value is -0.880. The first-order valence-corrected chi connectivity index (χ1v) is 9.50. The van der Waals surface area contributed by atoms with Gasteiger partial charge >= 0.3 is 5.97 Å². The number of carbonyl (C=O) groups is 1. The molecule has 0 heterocycles. The quantitative estimate of drug-likeness (QED) is 0.680. The fourth-order valence-electron chi connectivity index (χ4n) is 1.22. The van der Waals surface area contributed by atoms with Crippen molar-refractivity contribution in [3.63, 3.8) is 0 Å². The van der Waals surface area contributed by atoms with E-state index in [1.807, 2.05) is 22.6 Å². The van der Waals surface area contributed by atoms with Gasteiger partial charge in [0, 0.05) is 9.83 Å². The second kappa shape index (κ2) is 5.63. The molecule has 0 aromatic heterocycles. The average molecular weight is 419 g/mol. The summed E-state index contributed by atoms with van der Waals surface area (Å²) in [6.45, 7) is 0. The standard InChI is InChI=1S/C9H10INO6S2/c1-18(14,15)5-19(16,17)11-8-4-6(9(12)13)2-3-7(8)10/h2-4,11H,5H2,1H3,(H,12,13). The van der Waals surface area contributed by atoms with Gasteiger partial charge < -0.3 is 5.11 Å². The van der Waals surface area contributed by atoms with Crippen molar-refractivity contribution >= 4 is 54.1 Å². The van der Waals surface area contributed by atoms with E-state index in [0.29, 0.717) is 3.57 Å². The predicted molar refractivity (Wildman–Crippen MR) is 78.4 cm³/mol. The Morgan fingerprint density at radius 1 is 1.32 bits per heavy atom. The molecule has 0 spiro atoms. The number of benzene rings is 1. The molecule has 0 bridgehead atoms. The number of anilines is 1. The van der Waals surface area contributed by atoms with Gasteiger partial charge in [-0.05, 0) is 40.8 Å². The molecule has 7 nitrogen and oxygen atoms in total. The molecule has 0 aliphatic rings. The first kappa shape index (κ1) is 16.2. The molecule has 0 aliphatic carbocycles. The minimum absolute atomic E-state index is 0.0316. The number of aromatic carboxylic acids is 1. The van der Waals surface area contributed by atoms with Crippen molar-refractivity contribution in [3.8, 4) is 0 Å². The molecule has 0 amide bonds. The SMILES string of the molecule is CS(=O)(=O)CS(=O)(=O)Nc1cc(C(=O)O)ccc1I. The van der Waals surface area contributed by atoms with Crippen LogP contribution in [0.2, 0.25) is 0 Å². The number of hydrogen-bond acceptors (Lipinski definition) is 5. The zero-order chi connectivity index (χ0) is 14.8. The van der Waals surface area contributed by atoms with Crippen LogP contribution in [0.1, 0.15) is 10.4 Å². The lowest BCUT2D eigenvalue weighted by molar-refractivity contribution is 0.0697. The Kier molecular flexibility index (Phi) is 4.79. The number of rotatable bonds is 5. The van der Waals surface area contributed by atoms with Crippen molar-refractivity contribution in [2.24, 2.45) is 0 Å². The van der Waals surface area contributed by atoms with Gasteiger partial charge in [-0.3, -0.25) is 4.72 Å². The van der Waals surface area contributed by atoms with Crippen LogP contribution in [-0.4, -0.2) is 39.3 Å². The van der Waals surface area contributed by atoms with Gasteiger partial charge in [0.15, 0.2) is 14.9 Å². The van der Waals surface area contributed by atoms with E-state index in [1.165, 1.54) is 12.1 Å². The predicted octanol–water partition coefficient (Wildman–Crippen LogP) is 0.733. The van der Waals surface area contributed by atoms with Gasteiger partial charge in [0.05, 0.1) is 11.3 Å². The number of carboxylic acid groups (broad SMARTS) is 1. The number of hydrogen-bond donors (Lipinski definition) is 2. The van der Waals surface area contributed by atoms with Crippen molar-refractivity contribution < 1.29 is 26.7 Å². The Morgan fingerprint density at radius 2 is 1.89 bits per heavy atom. The minimum Gasteiger partial charge on any atom is -0.478 e. The molecule has 0 saturated carbocycles. The number of carboxylic acids is 1. The summed E-state index contributed by atoms with van der Waals surface area (Å²) >= 11 is 1.81. The van der Waals surface area contributed by atoms with Crippen molar-refractivity contribution in [1.82, 2.24) is 0 Å². The van der Waals surface area contributed by atoms with Gasteiger partial charge in [0.1, 0.15) is 0 Å². The number of sulfonamides is 1. The Labute approximate surface area is 124 Å². The van der Waals surface area contributed by atoms with Crippen LogP contribution in [-0.2, 0) is 19.9 Å². The molecule has 1 aromatic carbocycles. The van der Waals surface area contributed by atoms with E-state index in [2.05, 4.69) is 4.72 Å². The van der Waals surface area contributed by atoms with Crippen LogP contribution in [0.15, 0.2) is 18.2 Å². The monoisotopic (exact) mass is 419 g/mol. The second-order valence-electron chi connectivity index (χ2n) is 3.76. The molecule has 0 saturated heterocycles. The molecule has 0 fully saturated rings. The van der Waals surface area contributed by atoms with Crippen LogP contribution in [0, 0.1) is 3.57 Å². The van der Waals surface area contributed by atoms with Gasteiger partial charge in [-0.2, -0.15) is 0 Å². The normalized spacial score (nSPS) is 12.1. The molecule has 1 aromatic rings. The van der Waals surface area contributed by atoms with Crippen LogP contribution >= 0.6 is 22.6 Å². The summed E-state index contributed by atoms with van der Waals surface area (Å²) in [5.74, 6) is -1.21. The highest BCUT2D eigenvalue weighted by Crippen LogP contribution is 2.21. The van der Waals surface area contributed by atoms with Crippen LogP contribution in [0.25, 0.3) is 0 Å². The van der Waals surface area contributed by atoms with Gasteiger partial charge in [0.25, 0.3) is 0 Å². The van der Waals surface area contributed by atoms with Crippen LogP contribution in [0.3, 0.4) is 0 Å². The maximum Gasteiger partial charge on any atom is 0.335 e. The summed E-state index contributed by atoms with van der Waals surface area (Å²) < 4.78 is 47.7. The maximum absolute atomic E-state index is 11.6. The van der Waals surface area contributed by atoms with Gasteiger partial charge in [-0.15, -0.1) is 0 Å². The van der Waals surface area contributed by atoms with Gasteiger partial charge in [0.2, 0.25) is 10.0 Å². The maximum atomic E-state index is 11.6. The molecule has 2 N–H and O–H groups in total. The Bertz CT molecular complexity index is 710. The Morgan fingerprint density at radius 3 is 2.37 bits per heavy atom. The lowest BCUT2D eigenvalue weighted by Gasteiger charge is -2.09. The lowest BCUT2D eigenvalue weighted by atomic mass is 10.2. The van der Waals surface area contributed by atoms with Crippen LogP contribution in [0.4, 0.5) is 5.69 Å². The Balaban J connectivity index is 3.12. The molecular formula is C9H10INO6S2. The molecule has 10 heteroatoms. The third-order valence-electron chi connectivity index (χ3n) is 1.85. The highest BCUT2D eigenvalue weighted by atomic mass is 127. The van der Waals surface area contributed by atoms with E-state index >= 15 is 0 Å². The summed E-state index contributed by atoms with van der Waals surface area (Å²) in [6, 6.07) is 3.87. The van der Waals surface area contributed by atoms with E-state index in [1.54, 1.807) is 0 Å². The molecule has 0 atom stereocenters. The minimum atomic E-state index is -4.09. The summed E-state index contributed by atoms with van der Waals surface area (Å²) in [4.78, 5) is 10.8. The highest BCUT2D eigenvalue weighted by Gasteiger charge is 2.19. The first-order chi connectivity index (χ1) is 8.50. The second-order valence-corrected chi connectivity index (χ2v) is 9.15. The fraction of sp³-hybridized carbons (Fsp3) is 0.222. The number of nitrogens with one attached hydrogen (secondary N) is 1. The third kappa shape index (κ3) is 5.32. The summed E-state index contributed by atoms with van der Waals surface area (Å²) in [5, 5.41) is 7.75. The zero-order valence-corrected chi connectivity index (χ0v) is 13.4. The molecule has 19 heavy (non-hydrogen) atoms. The van der Waals surface area contributed by atoms with Crippen molar-refractivity contribution in [2.75, 3.05) is 16.1 Å². The fourth-order valence-corrected chi connectivity index (χ4v) is 4.86. The average Bonchev–Trinajstić information content (AvgIpc) is 2.16. The zero-order valence-electron chi connectivity index (χ0n) is 9.62. The van der Waals surface area contributed by atoms with E-state index < -0.39 is 30.9 Å². The smallest absolute Gasteiger partial charge is 0.335 e. The van der Waals surface area contributed by atoms with Crippen molar-refractivity contribution in [2.45, 2.75) is 0 Å². The largest absolute Gasteiger partial charge is 0.478 e. The number of halogens is 1. The summed E-state index contributed by atoms with van der Waals surface area (Å²) in [7, 11) is -7.80. The first-order valence-electron chi connectivity index (χ1n) is 4.71. The van der Waals surface area contributed by atoms with E-state index in [0.717, 1.165) is 12.3 Å². The molecule has 0 aliphatic heterocycles. The van der Waals surface area contributed by atoms with Crippen molar-refractivity contribution in [1.29, 1.82) is 0 Å². The van der Waals surface area contributed by atoms with Gasteiger partial charge in [-0.25, -0.2) is 21.6 Å². The number of sulfone groups is 1. The highest BCUT2D eigenvalue weighted by molar-refractivity contribution is 14.1. The van der Waals surface area contributed by atoms with Crippen LogP contribution in [0.5, 0.6) is 0 Å². The van der Waals surface area contributed by atoms with Crippen molar-refractivity contribution in [3.05, 3.63) is 27.3 Å². The topological polar surface area (TPSA) is 118 Å². The van der Waals surface area contributed by atoms with Crippen LogP contribution < -0.4 is 4.72 Å². The van der Waals surface area contributed by atoms with E-state index in [9.17, 15) is 21.6 Å². The molecule has 0 radical (unpaired) electrons. The lowest BCUT2D eigenvalue weighted by Crippen LogP contribution is -2.22. The molecule has 1 rings (SSSR count). The molecule has 0 unspecified atom stereocenters. The molecule has 106 valence electrons. The summed E-state index contributed by atoms with van der Waals surface area (Å²) in [6.07, 6.45) is 0.796. The van der Waals surface area contributed by atoms with Gasteiger partial charge in [-0.1, -0.05) is 0 Å². The third-order valence-corrected chi connectivity index (χ3v) is 6.27. The summed E-state index contributed by atoms with van der Waals surface area (Å²) in [5.41, 5.74) is -0.0679. The van der Waals surface area contributed by atoms with E-state index in [-0.39, 0.29) is 11.3 Å². The molecular weight excluding hydrogens is 409 g/mol. The van der Waals surface area contributed by atoms with E-state index in [4.69, 9.17) is 5.11 Å².